The number of nitrogens with zero attached hydrogens (tertiary/aromatic N) is 4. The van der Waals surface area contributed by atoms with Crippen molar-refractivity contribution in [3.05, 3.63) is 104 Å². The fourth-order valence-electron chi connectivity index (χ4n) is 6.49. The first-order valence-electron chi connectivity index (χ1n) is 18.1. The number of pyridine rings is 2. The zero-order valence-electron chi connectivity index (χ0n) is 31.7. The summed E-state index contributed by atoms with van der Waals surface area (Å²) >= 11 is 14.1. The molecule has 0 radical (unpaired) electrons. The van der Waals surface area contributed by atoms with Crippen molar-refractivity contribution in [1.29, 1.82) is 0 Å². The average molecular weight is 806 g/mol. The van der Waals surface area contributed by atoms with Gasteiger partial charge in [-0.25, -0.2) is 19.2 Å². The number of nitrogens with one attached hydrogen (secondary N) is 2. The molecule has 2 aromatic carbocycles. The lowest BCUT2D eigenvalue weighted by Crippen LogP contribution is -2.44. The monoisotopic (exact) mass is 804 g/mol. The van der Waals surface area contributed by atoms with Crippen molar-refractivity contribution in [2.45, 2.75) is 71.4 Å². The van der Waals surface area contributed by atoms with E-state index in [9.17, 15) is 19.5 Å². The van der Waals surface area contributed by atoms with Crippen LogP contribution in [0.1, 0.15) is 51.7 Å². The normalized spacial score (nSPS) is 14.8. The summed E-state index contributed by atoms with van der Waals surface area (Å²) in [4.78, 5) is 48.8. The SMILES string of the molecule is COc1nc(-c2cccc(-c3cccc(-c4ccn5c(=O)c(CNCC(C)O)cnc5c4)c3Cl)c2Cl)cc(F)c1CN(C[C@@H]1CCC(=O)N1)C(=O)OC(C)(C)C. The summed E-state index contributed by atoms with van der Waals surface area (Å²) < 4.78 is 28.8. The molecule has 294 valence electrons. The maximum absolute atomic E-state index is 16.2. The molecule has 1 unspecified atom stereocenters. The van der Waals surface area contributed by atoms with Gasteiger partial charge in [-0.3, -0.25) is 14.0 Å². The van der Waals surface area contributed by atoms with Crippen molar-refractivity contribution in [1.82, 2.24) is 29.9 Å². The number of aromatic nitrogens is 3. The van der Waals surface area contributed by atoms with Crippen LogP contribution in [0.5, 0.6) is 5.88 Å². The Kier molecular flexibility index (Phi) is 12.3. The molecule has 6 rings (SSSR count). The minimum absolute atomic E-state index is 0.0332. The summed E-state index contributed by atoms with van der Waals surface area (Å²) in [5.74, 6) is -0.833. The molecular weight excluding hydrogens is 762 g/mol. The Morgan fingerprint density at radius 3 is 2.41 bits per heavy atom. The number of halogens is 3. The number of ether oxygens (including phenoxy) is 2. The number of amides is 2. The highest BCUT2D eigenvalue weighted by molar-refractivity contribution is 6.39. The standard InChI is InChI=1S/C41H43Cl2FN6O6/c1-23(51)18-45-19-25-20-46-34-16-24(14-15-50(34)39(25)53)27-8-6-9-28(36(27)42)29-10-7-11-30(37(29)43)33-17-32(44)31(38(48-33)55-5)22-49(40(54)56-41(2,3)4)21-26-12-13-35(52)47-26/h6-11,14-17,20,23,26,45,51H,12-13,18-19,21-22H2,1-5H3,(H,47,52)/t23?,26-/m0/s1. The zero-order valence-corrected chi connectivity index (χ0v) is 33.2. The van der Waals surface area contributed by atoms with E-state index in [1.807, 2.05) is 18.2 Å². The van der Waals surface area contributed by atoms with Gasteiger partial charge in [-0.15, -0.1) is 0 Å². The van der Waals surface area contributed by atoms with Crippen LogP contribution in [0.15, 0.2) is 71.8 Å². The van der Waals surface area contributed by atoms with Gasteiger partial charge in [0, 0.05) is 78.4 Å². The number of hydrogen-bond acceptors (Lipinski definition) is 9. The zero-order chi connectivity index (χ0) is 40.3. The van der Waals surface area contributed by atoms with Crippen LogP contribution in [0.4, 0.5) is 9.18 Å². The predicted octanol–water partition coefficient (Wildman–Crippen LogP) is 7.03. The number of rotatable bonds is 12. The first-order valence-corrected chi connectivity index (χ1v) is 18.9. The Hall–Kier alpha value is -5.08. The van der Waals surface area contributed by atoms with E-state index in [0.29, 0.717) is 57.9 Å². The molecule has 1 aliphatic rings. The number of aliphatic hydroxyl groups excluding tert-OH is 1. The van der Waals surface area contributed by atoms with Crippen LogP contribution in [0, 0.1) is 5.82 Å². The first kappa shape index (κ1) is 40.6. The molecule has 0 aliphatic carbocycles. The molecule has 3 aromatic heterocycles. The van der Waals surface area contributed by atoms with Gasteiger partial charge in [0.15, 0.2) is 0 Å². The summed E-state index contributed by atoms with van der Waals surface area (Å²) in [7, 11) is 1.36. The summed E-state index contributed by atoms with van der Waals surface area (Å²) in [6.45, 7) is 7.37. The topological polar surface area (TPSA) is 147 Å². The highest BCUT2D eigenvalue weighted by atomic mass is 35.5. The maximum atomic E-state index is 16.2. The Labute approximate surface area is 333 Å². The molecule has 5 aromatic rings. The summed E-state index contributed by atoms with van der Waals surface area (Å²) in [5.41, 5.74) is 3.08. The Morgan fingerprint density at radius 2 is 1.77 bits per heavy atom. The molecule has 2 amide bonds. The molecule has 0 bridgehead atoms. The van der Waals surface area contributed by atoms with E-state index in [2.05, 4.69) is 20.6 Å². The molecule has 12 nitrogen and oxygen atoms in total. The van der Waals surface area contributed by atoms with Gasteiger partial charge < -0.3 is 30.1 Å². The average Bonchev–Trinajstić information content (AvgIpc) is 3.56. The summed E-state index contributed by atoms with van der Waals surface area (Å²) in [6.07, 6.45) is 2.82. The quantitative estimate of drug-likeness (QED) is 0.121. The van der Waals surface area contributed by atoms with Crippen molar-refractivity contribution in [2.24, 2.45) is 0 Å². The lowest BCUT2D eigenvalue weighted by atomic mass is 9.97. The summed E-state index contributed by atoms with van der Waals surface area (Å²) in [6, 6.07) is 15.3. The Balaban J connectivity index is 1.31. The number of aliphatic hydroxyl groups is 1. The molecular formula is C41H43Cl2FN6O6. The van der Waals surface area contributed by atoms with Crippen molar-refractivity contribution < 1.29 is 28.6 Å². The van der Waals surface area contributed by atoms with Crippen molar-refractivity contribution in [3.8, 4) is 39.4 Å². The van der Waals surface area contributed by atoms with Gasteiger partial charge in [0.1, 0.15) is 17.1 Å². The summed E-state index contributed by atoms with van der Waals surface area (Å²) in [5, 5.41) is 16.1. The van der Waals surface area contributed by atoms with Crippen LogP contribution >= 0.6 is 23.2 Å². The van der Waals surface area contributed by atoms with Gasteiger partial charge in [-0.2, -0.15) is 0 Å². The van der Waals surface area contributed by atoms with Crippen LogP contribution in [0.25, 0.3) is 39.2 Å². The molecule has 4 heterocycles. The van der Waals surface area contributed by atoms with Crippen LogP contribution < -0.4 is 20.9 Å². The highest BCUT2D eigenvalue weighted by Gasteiger charge is 2.30. The van der Waals surface area contributed by atoms with Gasteiger partial charge in [0.2, 0.25) is 11.8 Å². The van der Waals surface area contributed by atoms with E-state index >= 15 is 4.39 Å². The van der Waals surface area contributed by atoms with Gasteiger partial charge in [-0.05, 0) is 51.8 Å². The van der Waals surface area contributed by atoms with E-state index in [4.69, 9.17) is 32.7 Å². The van der Waals surface area contributed by atoms with Gasteiger partial charge in [0.05, 0.1) is 41.1 Å². The third-order valence-corrected chi connectivity index (χ3v) is 9.98. The van der Waals surface area contributed by atoms with E-state index < -0.39 is 23.6 Å². The number of fused-ring (bicyclic) bond motifs is 1. The fourth-order valence-corrected chi connectivity index (χ4v) is 7.15. The molecule has 1 aliphatic heterocycles. The molecule has 15 heteroatoms. The Bertz CT molecular complexity index is 2350. The highest BCUT2D eigenvalue weighted by Crippen LogP contribution is 2.43. The second kappa shape index (κ2) is 17.0. The minimum Gasteiger partial charge on any atom is -0.481 e. The lowest BCUT2D eigenvalue weighted by molar-refractivity contribution is -0.119. The number of carbonyl (C=O) groups excluding carboxylic acids is 2. The third kappa shape index (κ3) is 9.13. The number of carbonyl (C=O) groups is 2. The number of benzene rings is 2. The predicted molar refractivity (Wildman–Crippen MR) is 213 cm³/mol. The molecule has 1 saturated heterocycles. The largest absolute Gasteiger partial charge is 0.481 e. The van der Waals surface area contributed by atoms with Crippen LogP contribution in [0.3, 0.4) is 0 Å². The third-order valence-electron chi connectivity index (χ3n) is 9.16. The van der Waals surface area contributed by atoms with Crippen LogP contribution in [-0.4, -0.2) is 74.3 Å². The second-order valence-electron chi connectivity index (χ2n) is 14.7. The van der Waals surface area contributed by atoms with Gasteiger partial charge >= 0.3 is 6.09 Å². The van der Waals surface area contributed by atoms with E-state index in [-0.39, 0.29) is 59.3 Å². The van der Waals surface area contributed by atoms with Crippen molar-refractivity contribution in [3.63, 3.8) is 0 Å². The van der Waals surface area contributed by atoms with E-state index in [0.717, 1.165) is 5.56 Å². The minimum atomic E-state index is -0.806. The Morgan fingerprint density at radius 1 is 1.09 bits per heavy atom. The molecule has 3 N–H and O–H groups in total. The van der Waals surface area contributed by atoms with Crippen LogP contribution in [-0.2, 0) is 22.6 Å². The smallest absolute Gasteiger partial charge is 0.410 e. The molecule has 0 spiro atoms. The van der Waals surface area contributed by atoms with Crippen LogP contribution in [0.2, 0.25) is 10.0 Å². The van der Waals surface area contributed by atoms with Gasteiger partial charge in [0.25, 0.3) is 5.56 Å². The van der Waals surface area contributed by atoms with Crippen molar-refractivity contribution >= 4 is 40.8 Å². The number of hydrogen-bond donors (Lipinski definition) is 3. The van der Waals surface area contributed by atoms with E-state index in [1.54, 1.807) is 64.2 Å². The first-order chi connectivity index (χ1) is 26.6. The lowest BCUT2D eigenvalue weighted by Gasteiger charge is -2.29. The molecule has 56 heavy (non-hydrogen) atoms. The maximum Gasteiger partial charge on any atom is 0.410 e. The molecule has 0 saturated carbocycles. The van der Waals surface area contributed by atoms with Crippen molar-refractivity contribution in [2.75, 3.05) is 20.2 Å². The number of methoxy groups -OCH3 is 1. The molecule has 2 atom stereocenters. The second-order valence-corrected chi connectivity index (χ2v) is 15.4. The molecule has 1 fully saturated rings. The van der Waals surface area contributed by atoms with Gasteiger partial charge in [-0.1, -0.05) is 59.6 Å². The van der Waals surface area contributed by atoms with E-state index in [1.165, 1.54) is 28.7 Å². The fraction of sp³-hybridized carbons (Fsp3) is 0.341.